The van der Waals surface area contributed by atoms with Gasteiger partial charge in [0.25, 0.3) is 0 Å². The number of nitrogens with one attached hydrogen (secondary N) is 1. The minimum atomic E-state index is -0.0167. The van der Waals surface area contributed by atoms with E-state index in [1.807, 2.05) is 13.1 Å². The second-order valence-corrected chi connectivity index (χ2v) is 4.72. The molecule has 1 amide bonds. The summed E-state index contributed by atoms with van der Waals surface area (Å²) in [5, 5.41) is 7.01. The molecule has 3 N–H and O–H groups in total. The predicted octanol–water partition coefficient (Wildman–Crippen LogP) is 0.554. The van der Waals surface area contributed by atoms with Crippen LogP contribution in [-0.2, 0) is 18.4 Å². The maximum absolute atomic E-state index is 12.0. The molecule has 0 spiro atoms. The highest BCUT2D eigenvalue weighted by Gasteiger charge is 2.27. The normalized spacial score (nSPS) is 24.6. The number of nitrogens with two attached hydrogens (primary N) is 1. The van der Waals surface area contributed by atoms with Gasteiger partial charge in [-0.05, 0) is 18.9 Å². The number of carbonyl (C=O) groups excluding carboxylic acids is 1. The SMILES string of the molecule is Cn1nccc1CNC(=O)C1CCCCC1N. The van der Waals surface area contributed by atoms with E-state index in [0.717, 1.165) is 31.4 Å². The first-order valence-corrected chi connectivity index (χ1v) is 6.18. The van der Waals surface area contributed by atoms with Gasteiger partial charge in [0.2, 0.25) is 5.91 Å². The van der Waals surface area contributed by atoms with Crippen LogP contribution in [-0.4, -0.2) is 21.7 Å². The Labute approximate surface area is 101 Å². The molecular formula is C12H20N4O. The number of aromatic nitrogens is 2. The average molecular weight is 236 g/mol. The summed E-state index contributed by atoms with van der Waals surface area (Å²) in [6, 6.07) is 1.93. The van der Waals surface area contributed by atoms with Gasteiger partial charge in [0.15, 0.2) is 0 Å². The molecule has 5 heteroatoms. The summed E-state index contributed by atoms with van der Waals surface area (Å²) < 4.78 is 1.76. The van der Waals surface area contributed by atoms with Crippen molar-refractivity contribution in [2.24, 2.45) is 18.7 Å². The average Bonchev–Trinajstić information content (AvgIpc) is 2.72. The van der Waals surface area contributed by atoms with Crippen molar-refractivity contribution in [1.82, 2.24) is 15.1 Å². The predicted molar refractivity (Wildman–Crippen MR) is 65.0 cm³/mol. The first-order chi connectivity index (χ1) is 8.18. The number of aryl methyl sites for hydroxylation is 1. The molecule has 1 aliphatic rings. The Morgan fingerprint density at radius 2 is 2.35 bits per heavy atom. The zero-order valence-corrected chi connectivity index (χ0v) is 10.2. The molecule has 1 aromatic rings. The van der Waals surface area contributed by atoms with Crippen molar-refractivity contribution in [2.45, 2.75) is 38.3 Å². The zero-order chi connectivity index (χ0) is 12.3. The van der Waals surface area contributed by atoms with E-state index in [9.17, 15) is 4.79 Å². The van der Waals surface area contributed by atoms with Crippen molar-refractivity contribution in [3.8, 4) is 0 Å². The van der Waals surface area contributed by atoms with Gasteiger partial charge in [0, 0.05) is 19.3 Å². The lowest BCUT2D eigenvalue weighted by atomic mass is 9.84. The summed E-state index contributed by atoms with van der Waals surface area (Å²) in [6.45, 7) is 0.526. The number of nitrogens with zero attached hydrogens (tertiary/aromatic N) is 2. The molecule has 0 aliphatic heterocycles. The molecule has 0 radical (unpaired) electrons. The van der Waals surface area contributed by atoms with Crippen molar-refractivity contribution >= 4 is 5.91 Å². The van der Waals surface area contributed by atoms with E-state index in [0.29, 0.717) is 6.54 Å². The van der Waals surface area contributed by atoms with Gasteiger partial charge in [-0.15, -0.1) is 0 Å². The molecular weight excluding hydrogens is 216 g/mol. The molecule has 1 saturated carbocycles. The highest BCUT2D eigenvalue weighted by molar-refractivity contribution is 5.79. The smallest absolute Gasteiger partial charge is 0.224 e. The molecule has 1 aliphatic carbocycles. The summed E-state index contributed by atoms with van der Waals surface area (Å²) >= 11 is 0. The number of amides is 1. The van der Waals surface area contributed by atoms with Crippen LogP contribution in [0.4, 0.5) is 0 Å². The molecule has 1 heterocycles. The Balaban J connectivity index is 1.86. The van der Waals surface area contributed by atoms with Crippen LogP contribution in [0.2, 0.25) is 0 Å². The van der Waals surface area contributed by atoms with Gasteiger partial charge in [-0.3, -0.25) is 9.48 Å². The lowest BCUT2D eigenvalue weighted by molar-refractivity contribution is -0.126. The van der Waals surface area contributed by atoms with Crippen LogP contribution < -0.4 is 11.1 Å². The minimum Gasteiger partial charge on any atom is -0.350 e. The van der Waals surface area contributed by atoms with E-state index in [4.69, 9.17) is 5.73 Å². The fraction of sp³-hybridized carbons (Fsp3) is 0.667. The Bertz CT molecular complexity index is 388. The maximum Gasteiger partial charge on any atom is 0.224 e. The topological polar surface area (TPSA) is 72.9 Å². The van der Waals surface area contributed by atoms with Gasteiger partial charge < -0.3 is 11.1 Å². The van der Waals surface area contributed by atoms with Crippen molar-refractivity contribution in [2.75, 3.05) is 0 Å². The molecule has 1 aromatic heterocycles. The van der Waals surface area contributed by atoms with E-state index in [1.54, 1.807) is 10.9 Å². The van der Waals surface area contributed by atoms with E-state index in [1.165, 1.54) is 0 Å². The highest BCUT2D eigenvalue weighted by Crippen LogP contribution is 2.23. The Morgan fingerprint density at radius 3 is 3.00 bits per heavy atom. The van der Waals surface area contributed by atoms with Gasteiger partial charge in [-0.25, -0.2) is 0 Å². The molecule has 0 aromatic carbocycles. The second-order valence-electron chi connectivity index (χ2n) is 4.72. The summed E-state index contributed by atoms with van der Waals surface area (Å²) in [4.78, 5) is 12.0. The largest absolute Gasteiger partial charge is 0.350 e. The molecule has 2 unspecified atom stereocenters. The van der Waals surface area contributed by atoms with E-state index >= 15 is 0 Å². The third-order valence-corrected chi connectivity index (χ3v) is 3.52. The van der Waals surface area contributed by atoms with Crippen LogP contribution >= 0.6 is 0 Å². The quantitative estimate of drug-likeness (QED) is 0.805. The zero-order valence-electron chi connectivity index (χ0n) is 10.2. The number of carbonyl (C=O) groups is 1. The third-order valence-electron chi connectivity index (χ3n) is 3.52. The second kappa shape index (κ2) is 5.31. The fourth-order valence-corrected chi connectivity index (χ4v) is 2.37. The van der Waals surface area contributed by atoms with Crippen LogP contribution in [0.15, 0.2) is 12.3 Å². The Morgan fingerprint density at radius 1 is 1.59 bits per heavy atom. The van der Waals surface area contributed by atoms with Crippen molar-refractivity contribution in [3.63, 3.8) is 0 Å². The first-order valence-electron chi connectivity index (χ1n) is 6.18. The van der Waals surface area contributed by atoms with Crippen LogP contribution in [0.5, 0.6) is 0 Å². The van der Waals surface area contributed by atoms with Gasteiger partial charge >= 0.3 is 0 Å². The van der Waals surface area contributed by atoms with Crippen LogP contribution in [0.1, 0.15) is 31.4 Å². The lowest BCUT2D eigenvalue weighted by Crippen LogP contribution is -2.43. The number of hydrogen-bond acceptors (Lipinski definition) is 3. The van der Waals surface area contributed by atoms with Crippen molar-refractivity contribution < 1.29 is 4.79 Å². The van der Waals surface area contributed by atoms with Crippen molar-refractivity contribution in [3.05, 3.63) is 18.0 Å². The highest BCUT2D eigenvalue weighted by atomic mass is 16.1. The van der Waals surface area contributed by atoms with Crippen LogP contribution in [0.25, 0.3) is 0 Å². The maximum atomic E-state index is 12.0. The summed E-state index contributed by atoms with van der Waals surface area (Å²) in [5.41, 5.74) is 6.98. The minimum absolute atomic E-state index is 0.0167. The summed E-state index contributed by atoms with van der Waals surface area (Å²) in [5.74, 6) is 0.0652. The monoisotopic (exact) mass is 236 g/mol. The van der Waals surface area contributed by atoms with E-state index in [2.05, 4.69) is 10.4 Å². The Kier molecular flexibility index (Phi) is 3.78. The van der Waals surface area contributed by atoms with Gasteiger partial charge in [-0.2, -0.15) is 5.10 Å². The molecule has 2 rings (SSSR count). The third kappa shape index (κ3) is 2.85. The van der Waals surface area contributed by atoms with E-state index in [-0.39, 0.29) is 17.9 Å². The Hall–Kier alpha value is -1.36. The first kappa shape index (κ1) is 12.1. The summed E-state index contributed by atoms with van der Waals surface area (Å²) in [6.07, 6.45) is 5.86. The van der Waals surface area contributed by atoms with Crippen LogP contribution in [0.3, 0.4) is 0 Å². The molecule has 5 nitrogen and oxygen atoms in total. The van der Waals surface area contributed by atoms with Crippen LogP contribution in [0, 0.1) is 5.92 Å². The molecule has 1 fully saturated rings. The molecule has 2 atom stereocenters. The molecule has 17 heavy (non-hydrogen) atoms. The summed E-state index contributed by atoms with van der Waals surface area (Å²) in [7, 11) is 1.87. The van der Waals surface area contributed by atoms with Gasteiger partial charge in [0.1, 0.15) is 0 Å². The van der Waals surface area contributed by atoms with Gasteiger partial charge in [0.05, 0.1) is 18.2 Å². The fourth-order valence-electron chi connectivity index (χ4n) is 2.37. The number of rotatable bonds is 3. The molecule has 0 saturated heterocycles. The molecule has 94 valence electrons. The molecule has 0 bridgehead atoms. The van der Waals surface area contributed by atoms with Crippen molar-refractivity contribution in [1.29, 1.82) is 0 Å². The number of hydrogen-bond donors (Lipinski definition) is 2. The lowest BCUT2D eigenvalue weighted by Gasteiger charge is -2.27. The standard InChI is InChI=1S/C12H20N4O/c1-16-9(6-7-15-16)8-14-12(17)10-4-2-3-5-11(10)13/h6-7,10-11H,2-5,8,13H2,1H3,(H,14,17). The van der Waals surface area contributed by atoms with E-state index < -0.39 is 0 Å². The van der Waals surface area contributed by atoms with Gasteiger partial charge in [-0.1, -0.05) is 12.8 Å².